The average molecular weight is 209 g/mol. The Labute approximate surface area is 91.0 Å². The van der Waals surface area contributed by atoms with Crippen molar-refractivity contribution in [2.45, 2.75) is 27.2 Å². The average Bonchev–Trinajstić information content (AvgIpc) is 2.24. The number of nitrogens with zero attached hydrogens (tertiary/aromatic N) is 3. The number of aromatic nitrogens is 2. The molecule has 1 aromatic rings. The topological polar surface area (TPSA) is 49.2 Å². The number of hydrogen-bond donors (Lipinski definition) is 1. The molecule has 0 amide bonds. The fraction of sp³-hybridized carbons (Fsp3) is 0.636. The van der Waals surface area contributed by atoms with E-state index in [9.17, 15) is 0 Å². The first-order chi connectivity index (χ1) is 7.19. The van der Waals surface area contributed by atoms with Gasteiger partial charge in [0, 0.05) is 19.7 Å². The van der Waals surface area contributed by atoms with Gasteiger partial charge in [0.1, 0.15) is 5.82 Å². The molecule has 1 heterocycles. The van der Waals surface area contributed by atoms with Crippen LogP contribution in [0.2, 0.25) is 0 Å². The van der Waals surface area contributed by atoms with Gasteiger partial charge in [-0.3, -0.25) is 4.98 Å². The van der Waals surface area contributed by atoms with Crippen molar-refractivity contribution >= 4 is 5.82 Å². The predicted molar refractivity (Wildman–Crippen MR) is 61.1 cm³/mol. The predicted octanol–water partition coefficient (Wildman–Crippen LogP) is 1.30. The number of aliphatic hydroxyl groups is 1. The Morgan fingerprint density at radius 3 is 2.60 bits per heavy atom. The minimum absolute atomic E-state index is 0.217. The third-order valence-corrected chi connectivity index (χ3v) is 2.47. The molecule has 0 aliphatic heterocycles. The highest BCUT2D eigenvalue weighted by Gasteiger charge is 2.06. The number of aliphatic hydroxyl groups excluding tert-OH is 1. The van der Waals surface area contributed by atoms with Crippen molar-refractivity contribution in [3.05, 3.63) is 17.6 Å². The summed E-state index contributed by atoms with van der Waals surface area (Å²) in [5, 5.41) is 8.79. The molecule has 84 valence electrons. The van der Waals surface area contributed by atoms with Crippen molar-refractivity contribution in [3.63, 3.8) is 0 Å². The molecule has 1 N–H and O–H groups in total. The van der Waals surface area contributed by atoms with Crippen LogP contribution in [0.25, 0.3) is 0 Å². The molecule has 0 saturated carbocycles. The first-order valence-electron chi connectivity index (χ1n) is 5.35. The summed E-state index contributed by atoms with van der Waals surface area (Å²) < 4.78 is 0. The lowest BCUT2D eigenvalue weighted by atomic mass is 10.3. The molecule has 4 heteroatoms. The number of hydrogen-bond acceptors (Lipinski definition) is 4. The van der Waals surface area contributed by atoms with Gasteiger partial charge in [-0.15, -0.1) is 0 Å². The van der Waals surface area contributed by atoms with Crippen molar-refractivity contribution in [1.29, 1.82) is 0 Å². The van der Waals surface area contributed by atoms with Gasteiger partial charge in [0.25, 0.3) is 0 Å². The summed E-state index contributed by atoms with van der Waals surface area (Å²) in [6.07, 6.45) is 2.56. The number of aryl methyl sites for hydroxylation is 2. The van der Waals surface area contributed by atoms with Crippen molar-refractivity contribution in [2.24, 2.45) is 0 Å². The van der Waals surface area contributed by atoms with Crippen molar-refractivity contribution < 1.29 is 5.11 Å². The maximum absolute atomic E-state index is 8.79. The van der Waals surface area contributed by atoms with Gasteiger partial charge in [-0.1, -0.05) is 0 Å². The first-order valence-corrected chi connectivity index (χ1v) is 5.35. The van der Waals surface area contributed by atoms with E-state index < -0.39 is 0 Å². The second-order valence-electron chi connectivity index (χ2n) is 3.56. The largest absolute Gasteiger partial charge is 0.396 e. The van der Waals surface area contributed by atoms with Crippen LogP contribution in [0, 0.1) is 13.8 Å². The molecule has 0 atom stereocenters. The Kier molecular flexibility index (Phi) is 4.49. The van der Waals surface area contributed by atoms with Crippen LogP contribution >= 0.6 is 0 Å². The molecule has 0 aromatic carbocycles. The molecule has 0 spiro atoms. The van der Waals surface area contributed by atoms with E-state index in [1.807, 2.05) is 13.8 Å². The van der Waals surface area contributed by atoms with Crippen molar-refractivity contribution in [1.82, 2.24) is 9.97 Å². The summed E-state index contributed by atoms with van der Waals surface area (Å²) in [4.78, 5) is 10.9. The molecule has 0 radical (unpaired) electrons. The Morgan fingerprint density at radius 1 is 1.33 bits per heavy atom. The zero-order valence-electron chi connectivity index (χ0n) is 9.69. The Morgan fingerprint density at radius 2 is 2.07 bits per heavy atom. The lowest BCUT2D eigenvalue weighted by Gasteiger charge is -2.21. The Hall–Kier alpha value is -1.16. The van der Waals surface area contributed by atoms with E-state index in [2.05, 4.69) is 21.8 Å². The van der Waals surface area contributed by atoms with Gasteiger partial charge in [0.05, 0.1) is 17.6 Å². The van der Waals surface area contributed by atoms with E-state index in [4.69, 9.17) is 5.11 Å². The maximum Gasteiger partial charge on any atom is 0.147 e. The monoisotopic (exact) mass is 209 g/mol. The highest BCUT2D eigenvalue weighted by Crippen LogP contribution is 2.11. The van der Waals surface area contributed by atoms with E-state index >= 15 is 0 Å². The van der Waals surface area contributed by atoms with Crippen LogP contribution < -0.4 is 4.90 Å². The highest BCUT2D eigenvalue weighted by atomic mass is 16.3. The highest BCUT2D eigenvalue weighted by molar-refractivity contribution is 5.37. The Balaban J connectivity index is 2.78. The van der Waals surface area contributed by atoms with Gasteiger partial charge in [0.2, 0.25) is 0 Å². The molecule has 0 unspecified atom stereocenters. The summed E-state index contributed by atoms with van der Waals surface area (Å²) in [7, 11) is 0. The smallest absolute Gasteiger partial charge is 0.147 e. The zero-order valence-corrected chi connectivity index (χ0v) is 9.69. The molecule has 1 aromatic heterocycles. The van der Waals surface area contributed by atoms with Crippen LogP contribution in [0.5, 0.6) is 0 Å². The maximum atomic E-state index is 8.79. The molecule has 0 saturated heterocycles. The first kappa shape index (κ1) is 11.9. The molecule has 0 fully saturated rings. The molecule has 15 heavy (non-hydrogen) atoms. The summed E-state index contributed by atoms with van der Waals surface area (Å²) in [5.41, 5.74) is 1.94. The lowest BCUT2D eigenvalue weighted by molar-refractivity contribution is 0.289. The van der Waals surface area contributed by atoms with Gasteiger partial charge >= 0.3 is 0 Å². The van der Waals surface area contributed by atoms with E-state index in [1.54, 1.807) is 6.20 Å². The zero-order chi connectivity index (χ0) is 11.3. The lowest BCUT2D eigenvalue weighted by Crippen LogP contribution is -2.26. The van der Waals surface area contributed by atoms with E-state index in [0.717, 1.165) is 36.7 Å². The van der Waals surface area contributed by atoms with Crippen molar-refractivity contribution in [2.75, 3.05) is 24.6 Å². The quantitative estimate of drug-likeness (QED) is 0.794. The number of anilines is 1. The number of rotatable bonds is 5. The summed E-state index contributed by atoms with van der Waals surface area (Å²) >= 11 is 0. The van der Waals surface area contributed by atoms with Crippen LogP contribution in [-0.2, 0) is 0 Å². The summed E-state index contributed by atoms with van der Waals surface area (Å²) in [6.45, 7) is 7.92. The van der Waals surface area contributed by atoms with Crippen LogP contribution in [0.4, 0.5) is 5.82 Å². The standard InChI is InChI=1S/C11H19N3O/c1-4-14(6-5-7-15)11-8-12-9(2)10(3)13-11/h8,15H,4-7H2,1-3H3. The van der Waals surface area contributed by atoms with Gasteiger partial charge < -0.3 is 10.0 Å². The molecule has 1 rings (SSSR count). The molecular weight excluding hydrogens is 190 g/mol. The van der Waals surface area contributed by atoms with Gasteiger partial charge in [-0.25, -0.2) is 4.98 Å². The fourth-order valence-electron chi connectivity index (χ4n) is 1.38. The van der Waals surface area contributed by atoms with Gasteiger partial charge in [-0.2, -0.15) is 0 Å². The second-order valence-corrected chi connectivity index (χ2v) is 3.56. The van der Waals surface area contributed by atoms with Crippen molar-refractivity contribution in [3.8, 4) is 0 Å². The van der Waals surface area contributed by atoms with E-state index in [1.165, 1.54) is 0 Å². The Bertz CT molecular complexity index is 315. The minimum atomic E-state index is 0.217. The van der Waals surface area contributed by atoms with Gasteiger partial charge in [0.15, 0.2) is 0 Å². The van der Waals surface area contributed by atoms with Crippen LogP contribution in [-0.4, -0.2) is 34.8 Å². The van der Waals surface area contributed by atoms with Crippen LogP contribution in [0.3, 0.4) is 0 Å². The van der Waals surface area contributed by atoms with Gasteiger partial charge in [-0.05, 0) is 27.2 Å². The fourth-order valence-corrected chi connectivity index (χ4v) is 1.38. The minimum Gasteiger partial charge on any atom is -0.396 e. The summed E-state index contributed by atoms with van der Waals surface area (Å²) in [5.74, 6) is 0.897. The SMILES string of the molecule is CCN(CCCO)c1cnc(C)c(C)n1. The third-order valence-electron chi connectivity index (χ3n) is 2.47. The summed E-state index contributed by atoms with van der Waals surface area (Å²) in [6, 6.07) is 0. The molecule has 4 nitrogen and oxygen atoms in total. The normalized spacial score (nSPS) is 10.4. The van der Waals surface area contributed by atoms with E-state index in [0.29, 0.717) is 0 Å². The molecule has 0 bridgehead atoms. The van der Waals surface area contributed by atoms with Crippen LogP contribution in [0.1, 0.15) is 24.7 Å². The third kappa shape index (κ3) is 3.16. The molecule has 0 aliphatic carbocycles. The second kappa shape index (κ2) is 5.66. The van der Waals surface area contributed by atoms with Crippen LogP contribution in [0.15, 0.2) is 6.20 Å². The molecular formula is C11H19N3O. The molecule has 0 aliphatic rings. The van der Waals surface area contributed by atoms with E-state index in [-0.39, 0.29) is 6.61 Å².